The van der Waals surface area contributed by atoms with Crippen LogP contribution in [-0.2, 0) is 18.0 Å². The van der Waals surface area contributed by atoms with Crippen molar-refractivity contribution >= 4 is 23.9 Å². The number of carboxylic acid groups (broad SMARTS) is 4. The molecule has 24 heteroatoms. The molecule has 8 aromatic carbocycles. The molecule has 0 saturated carbocycles. The van der Waals surface area contributed by atoms with Crippen LogP contribution in [0.5, 0.6) is 5.75 Å². The summed E-state index contributed by atoms with van der Waals surface area (Å²) in [5.41, 5.74) is 6.78. The van der Waals surface area contributed by atoms with Gasteiger partial charge in [-0.3, -0.25) is 0 Å². The minimum Gasteiger partial charge on any atom is -0.494 e. The van der Waals surface area contributed by atoms with E-state index in [-0.39, 0.29) is 39.2 Å². The summed E-state index contributed by atoms with van der Waals surface area (Å²) in [6.45, 7) is 3.39. The molecule has 0 saturated heterocycles. The fourth-order valence-corrected chi connectivity index (χ4v) is 9.39. The number of hydrogen-bond acceptors (Lipinski definition) is 9. The molecule has 12 rings (SSSR count). The Morgan fingerprint density at radius 1 is 0.368 bits per heavy atom. The smallest absolute Gasteiger partial charge is 0.416 e. The lowest BCUT2D eigenvalue weighted by Gasteiger charge is -2.16. The van der Waals surface area contributed by atoms with Gasteiger partial charge in [0.1, 0.15) is 11.4 Å². The zero-order valence-electron chi connectivity index (χ0n) is 50.6. The summed E-state index contributed by atoms with van der Waals surface area (Å²) < 4.78 is 105. The number of hydrogen-bond donors (Lipinski definition) is 4. The summed E-state index contributed by atoms with van der Waals surface area (Å²) in [5.74, 6) is -9.73. The third kappa shape index (κ3) is 17.0. The van der Waals surface area contributed by atoms with Gasteiger partial charge in [-0.2, -0.15) is 33.6 Å². The van der Waals surface area contributed by atoms with Gasteiger partial charge < -0.3 is 25.2 Å². The molecule has 0 aliphatic rings. The Labute approximate surface area is 537 Å². The Morgan fingerprint density at radius 2 is 0.716 bits per heavy atom. The second kappa shape index (κ2) is 28.5. The van der Waals surface area contributed by atoms with Crippen LogP contribution in [0.3, 0.4) is 0 Å². The highest BCUT2D eigenvalue weighted by atomic mass is 19.4. The average molecular weight is 1300 g/mol. The number of halogens is 7. The van der Waals surface area contributed by atoms with Crippen LogP contribution < -0.4 is 4.74 Å². The number of rotatable bonds is 15. The number of para-hydroxylation sites is 2. The lowest BCUT2D eigenvalue weighted by molar-refractivity contribution is -0.137. The molecule has 4 N–H and O–H groups in total. The number of carbonyl (C=O) groups is 4. The number of methoxy groups -OCH3 is 1. The molecule has 4 aromatic heterocycles. The summed E-state index contributed by atoms with van der Waals surface area (Å²) in [6.07, 6.45) is 1.85. The zero-order valence-corrected chi connectivity index (χ0v) is 50.6. The van der Waals surface area contributed by atoms with Gasteiger partial charge in [0.2, 0.25) is 0 Å². The van der Waals surface area contributed by atoms with Crippen LogP contribution in [0.4, 0.5) is 30.7 Å². The number of aromatic carboxylic acids is 4. The van der Waals surface area contributed by atoms with Crippen molar-refractivity contribution in [1.82, 2.24) is 39.1 Å². The number of aromatic nitrogens is 8. The molecule has 482 valence electrons. The SMILES string of the molecule is CC(F)(F)c1cc(-n2ccc(-c3cccc(C(=O)O)c3)n2)cc(C(F)(F)F)c1.CC(F)(F)c1cccc(-n2ccc(-c3cccc(C(=O)O)c3)n2)c1.COc1ccccc1-n1ccc(-c2cccc(C(=O)O)c2)n1.Cc1cccc(-n2ccc(-c3cccc(C(=O)O)c3)n2)c1. The minimum atomic E-state index is -4.80. The average Bonchev–Trinajstić information content (AvgIpc) is 1.80. The number of benzene rings is 8. The number of ether oxygens (including phenoxy) is 1. The summed E-state index contributed by atoms with van der Waals surface area (Å²) >= 11 is 0. The Kier molecular flexibility index (Phi) is 20.2. The first kappa shape index (κ1) is 67.2. The molecule has 4 heterocycles. The van der Waals surface area contributed by atoms with E-state index in [0.29, 0.717) is 41.2 Å². The first-order chi connectivity index (χ1) is 45.1. The molecule has 12 aromatic rings. The number of carboxylic acids is 4. The van der Waals surface area contributed by atoms with Crippen LogP contribution in [0, 0.1) is 6.92 Å². The maximum atomic E-state index is 13.7. The standard InChI is InChI=1S/C19H13F5N2O2.C18H14F2N2O2.C17H14N2O3.C17H14N2O2/c1-18(20,21)13-8-14(19(22,23)24)10-15(9-13)26-6-5-16(25-26)11-3-2-4-12(7-11)17(27)28;1-18(19,20)14-6-3-7-15(11-14)22-9-8-16(21-22)12-4-2-5-13(10-12)17(23)24;1-22-16-8-3-2-7-15(16)19-10-9-14(18-19)12-5-4-6-13(11-12)17(20)21;1-12-4-2-7-15(10-12)19-9-8-16(18-19)13-5-3-6-14(11-13)17(20)21/h2-10H,1H3,(H,27,28);2-11H,1H3,(H,23,24);2-11H,1H3,(H,20,21);2-11H,1H3,(H,20,21). The normalized spacial score (nSPS) is 11.2. The van der Waals surface area contributed by atoms with E-state index in [1.54, 1.807) is 95.5 Å². The van der Waals surface area contributed by atoms with E-state index in [2.05, 4.69) is 20.4 Å². The Morgan fingerprint density at radius 3 is 1.11 bits per heavy atom. The van der Waals surface area contributed by atoms with Gasteiger partial charge in [-0.05, 0) is 140 Å². The maximum absolute atomic E-state index is 13.7. The first-order valence-corrected chi connectivity index (χ1v) is 28.5. The lowest BCUT2D eigenvalue weighted by Crippen LogP contribution is -2.13. The molecule has 0 unspecified atom stereocenters. The Balaban J connectivity index is 0.000000150. The van der Waals surface area contributed by atoms with Gasteiger partial charge >= 0.3 is 30.1 Å². The molecular weight excluding hydrogens is 1240 g/mol. The van der Waals surface area contributed by atoms with Crippen LogP contribution in [0.1, 0.15) is 77.5 Å². The number of aryl methyl sites for hydroxylation is 1. The monoisotopic (exact) mass is 1300 g/mol. The summed E-state index contributed by atoms with van der Waals surface area (Å²) in [5, 5.41) is 53.7. The van der Waals surface area contributed by atoms with Crippen LogP contribution in [0.25, 0.3) is 67.8 Å². The summed E-state index contributed by atoms with van der Waals surface area (Å²) in [4.78, 5) is 44.2. The largest absolute Gasteiger partial charge is 0.494 e. The van der Waals surface area contributed by atoms with Gasteiger partial charge in [-0.1, -0.05) is 84.9 Å². The van der Waals surface area contributed by atoms with Crippen molar-refractivity contribution in [2.24, 2.45) is 0 Å². The van der Waals surface area contributed by atoms with Crippen molar-refractivity contribution in [1.29, 1.82) is 0 Å². The first-order valence-electron chi connectivity index (χ1n) is 28.5. The molecule has 95 heavy (non-hydrogen) atoms. The van der Waals surface area contributed by atoms with E-state index in [1.807, 2.05) is 92.1 Å². The molecule has 0 spiro atoms. The third-order valence-corrected chi connectivity index (χ3v) is 14.2. The molecule has 0 fully saturated rings. The van der Waals surface area contributed by atoms with Crippen molar-refractivity contribution in [3.63, 3.8) is 0 Å². The topological polar surface area (TPSA) is 230 Å². The summed E-state index contributed by atoms with van der Waals surface area (Å²) in [6, 6.07) is 56.2. The van der Waals surface area contributed by atoms with Gasteiger partial charge in [0.05, 0.1) is 74.8 Å². The van der Waals surface area contributed by atoms with E-state index in [9.17, 15) is 49.9 Å². The molecule has 0 aliphatic heterocycles. The van der Waals surface area contributed by atoms with Crippen LogP contribution in [0.15, 0.2) is 237 Å². The predicted octanol–water partition coefficient (Wildman–Crippen LogP) is 16.5. The molecule has 0 amide bonds. The highest BCUT2D eigenvalue weighted by Gasteiger charge is 2.35. The van der Waals surface area contributed by atoms with E-state index < -0.39 is 53.0 Å². The van der Waals surface area contributed by atoms with E-state index in [1.165, 1.54) is 59.4 Å². The lowest BCUT2D eigenvalue weighted by atomic mass is 10.0. The third-order valence-electron chi connectivity index (χ3n) is 14.2. The molecule has 0 radical (unpaired) electrons. The van der Waals surface area contributed by atoms with Crippen molar-refractivity contribution in [2.45, 2.75) is 38.8 Å². The zero-order chi connectivity index (χ0) is 68.4. The van der Waals surface area contributed by atoms with Crippen LogP contribution in [-0.4, -0.2) is 90.5 Å². The maximum Gasteiger partial charge on any atom is 0.416 e. The minimum absolute atomic E-state index is 0.0130. The number of alkyl halides is 7. The molecule has 17 nitrogen and oxygen atoms in total. The van der Waals surface area contributed by atoms with Gasteiger partial charge in [0.15, 0.2) is 0 Å². The molecular formula is C71H55F7N8O9. The van der Waals surface area contributed by atoms with Crippen LogP contribution in [0.2, 0.25) is 0 Å². The second-order valence-corrected chi connectivity index (χ2v) is 21.2. The van der Waals surface area contributed by atoms with Crippen molar-refractivity contribution in [3.05, 3.63) is 282 Å². The van der Waals surface area contributed by atoms with Crippen molar-refractivity contribution in [3.8, 4) is 73.5 Å². The fraction of sp³-hybridized carbons (Fsp3) is 0.0986. The predicted molar refractivity (Wildman–Crippen MR) is 339 cm³/mol. The Hall–Kier alpha value is -12.2. The Bertz CT molecular complexity index is 4720. The second-order valence-electron chi connectivity index (χ2n) is 21.2. The van der Waals surface area contributed by atoms with Gasteiger partial charge in [0.25, 0.3) is 11.8 Å². The molecule has 0 aliphatic carbocycles. The highest BCUT2D eigenvalue weighted by molar-refractivity contribution is 5.91. The van der Waals surface area contributed by atoms with Gasteiger partial charge in [-0.25, -0.2) is 55.5 Å². The molecule has 0 bridgehead atoms. The number of nitrogens with zero attached hydrogens (tertiary/aromatic N) is 8. The summed E-state index contributed by atoms with van der Waals surface area (Å²) in [7, 11) is 1.61. The molecule has 0 atom stereocenters. The van der Waals surface area contributed by atoms with Crippen LogP contribution >= 0.6 is 0 Å². The van der Waals surface area contributed by atoms with Crippen molar-refractivity contribution < 1.29 is 75.1 Å². The van der Waals surface area contributed by atoms with Gasteiger partial charge in [-0.15, -0.1) is 0 Å². The van der Waals surface area contributed by atoms with E-state index >= 15 is 0 Å². The van der Waals surface area contributed by atoms with Crippen molar-refractivity contribution in [2.75, 3.05) is 7.11 Å². The van der Waals surface area contributed by atoms with Gasteiger partial charge in [0, 0.05) is 72.0 Å². The highest BCUT2D eigenvalue weighted by Crippen LogP contribution is 2.37. The van der Waals surface area contributed by atoms with E-state index in [4.69, 9.17) is 25.2 Å². The van der Waals surface area contributed by atoms with E-state index in [0.717, 1.165) is 63.2 Å². The quantitative estimate of drug-likeness (QED) is 0.0701. The fourth-order valence-electron chi connectivity index (χ4n) is 9.39.